The maximum atomic E-state index is 12.3. The topological polar surface area (TPSA) is 113 Å². The Morgan fingerprint density at radius 2 is 1.79 bits per heavy atom. The van der Waals surface area contributed by atoms with Crippen LogP contribution in [0.4, 0.5) is 0 Å². The number of carbonyl (C=O) groups is 1. The van der Waals surface area contributed by atoms with Gasteiger partial charge in [-0.1, -0.05) is 0 Å². The van der Waals surface area contributed by atoms with Gasteiger partial charge in [0.2, 0.25) is 11.6 Å². The lowest BCUT2D eigenvalue weighted by Crippen LogP contribution is -2.20. The van der Waals surface area contributed by atoms with Crippen LogP contribution >= 0.6 is 0 Å². The molecule has 0 saturated carbocycles. The molecule has 0 fully saturated rings. The highest BCUT2D eigenvalue weighted by atomic mass is 16.5. The van der Waals surface area contributed by atoms with E-state index in [9.17, 15) is 4.79 Å². The molecule has 2 rings (SSSR count). The molecule has 128 valence electrons. The third-order valence-electron chi connectivity index (χ3n) is 3.08. The average molecular weight is 334 g/mol. The number of nitrogens with zero attached hydrogens (tertiary/aromatic N) is 5. The van der Waals surface area contributed by atoms with E-state index in [0.717, 1.165) is 0 Å². The summed E-state index contributed by atoms with van der Waals surface area (Å²) in [7, 11) is 6.07. The number of tetrazole rings is 1. The van der Waals surface area contributed by atoms with Crippen molar-refractivity contribution in [2.75, 3.05) is 21.3 Å². The van der Waals surface area contributed by atoms with Gasteiger partial charge < -0.3 is 14.2 Å². The van der Waals surface area contributed by atoms with E-state index in [1.165, 1.54) is 38.3 Å². The first-order valence-corrected chi connectivity index (χ1v) is 6.89. The van der Waals surface area contributed by atoms with Crippen LogP contribution in [0.5, 0.6) is 17.2 Å². The number of hydrogen-bond acceptors (Lipinski definition) is 8. The van der Waals surface area contributed by atoms with Crippen molar-refractivity contribution in [3.05, 3.63) is 23.5 Å². The summed E-state index contributed by atoms with van der Waals surface area (Å²) in [6.45, 7) is 1.66. The van der Waals surface area contributed by atoms with Gasteiger partial charge in [0, 0.05) is 5.56 Å². The molecule has 0 saturated heterocycles. The molecular weight excluding hydrogens is 316 g/mol. The quantitative estimate of drug-likeness (QED) is 0.600. The minimum Gasteiger partial charge on any atom is -0.493 e. The fourth-order valence-corrected chi connectivity index (χ4v) is 1.89. The van der Waals surface area contributed by atoms with E-state index < -0.39 is 5.91 Å². The first kappa shape index (κ1) is 17.2. The molecule has 0 aliphatic heterocycles. The van der Waals surface area contributed by atoms with E-state index >= 15 is 0 Å². The zero-order valence-electron chi connectivity index (χ0n) is 14.0. The lowest BCUT2D eigenvalue weighted by Gasteiger charge is -2.13. The predicted octanol–water partition coefficient (Wildman–Crippen LogP) is 0.390. The van der Waals surface area contributed by atoms with E-state index in [-0.39, 0.29) is 0 Å². The van der Waals surface area contributed by atoms with Gasteiger partial charge in [-0.15, -0.1) is 10.2 Å². The van der Waals surface area contributed by atoms with Gasteiger partial charge in [-0.3, -0.25) is 4.79 Å². The molecule has 24 heavy (non-hydrogen) atoms. The van der Waals surface area contributed by atoms with Crippen molar-refractivity contribution in [1.29, 1.82) is 0 Å². The number of hydrazone groups is 1. The summed E-state index contributed by atoms with van der Waals surface area (Å²) in [6, 6.07) is 3.06. The van der Waals surface area contributed by atoms with Crippen LogP contribution in [0, 0.1) is 0 Å². The predicted molar refractivity (Wildman–Crippen MR) is 84.6 cm³/mol. The first-order chi connectivity index (χ1) is 11.5. The number of aryl methyl sites for hydroxylation is 1. The van der Waals surface area contributed by atoms with Gasteiger partial charge in [-0.2, -0.15) is 9.90 Å². The monoisotopic (exact) mass is 334 g/mol. The number of aromatic nitrogens is 4. The zero-order chi connectivity index (χ0) is 17.7. The van der Waals surface area contributed by atoms with Crippen LogP contribution < -0.4 is 19.6 Å². The Morgan fingerprint density at radius 3 is 2.25 bits per heavy atom. The Balaban J connectivity index is 2.23. The SMILES string of the molecule is COc1cc(C(=O)NN=C(C)c2nnn(C)n2)cc(OC)c1OC. The van der Waals surface area contributed by atoms with Gasteiger partial charge in [0.25, 0.3) is 5.91 Å². The highest BCUT2D eigenvalue weighted by Gasteiger charge is 2.17. The summed E-state index contributed by atoms with van der Waals surface area (Å²) < 4.78 is 15.6. The van der Waals surface area contributed by atoms with E-state index in [4.69, 9.17) is 14.2 Å². The number of ether oxygens (including phenoxy) is 3. The second kappa shape index (κ2) is 7.40. The molecule has 1 aromatic carbocycles. The number of methoxy groups -OCH3 is 3. The fourth-order valence-electron chi connectivity index (χ4n) is 1.89. The van der Waals surface area contributed by atoms with E-state index in [1.54, 1.807) is 14.0 Å². The lowest BCUT2D eigenvalue weighted by atomic mass is 10.1. The number of rotatable bonds is 6. The summed E-state index contributed by atoms with van der Waals surface area (Å²) in [5.41, 5.74) is 3.15. The molecule has 0 aliphatic rings. The number of hydrogen-bond donors (Lipinski definition) is 1. The van der Waals surface area contributed by atoms with E-state index in [0.29, 0.717) is 34.3 Å². The van der Waals surface area contributed by atoms with Gasteiger partial charge in [-0.25, -0.2) is 5.43 Å². The van der Waals surface area contributed by atoms with Crippen molar-refractivity contribution < 1.29 is 19.0 Å². The molecule has 0 atom stereocenters. The first-order valence-electron chi connectivity index (χ1n) is 6.89. The summed E-state index contributed by atoms with van der Waals surface area (Å²) in [6.07, 6.45) is 0. The molecule has 0 aliphatic carbocycles. The zero-order valence-corrected chi connectivity index (χ0v) is 14.0. The maximum absolute atomic E-state index is 12.3. The summed E-state index contributed by atoms with van der Waals surface area (Å²) in [5, 5.41) is 15.5. The largest absolute Gasteiger partial charge is 0.493 e. The van der Waals surface area contributed by atoms with Crippen LogP contribution in [-0.4, -0.2) is 53.2 Å². The molecule has 1 heterocycles. The molecule has 1 aromatic heterocycles. The second-order valence-electron chi connectivity index (χ2n) is 4.65. The third kappa shape index (κ3) is 3.59. The fraction of sp³-hybridized carbons (Fsp3) is 0.357. The van der Waals surface area contributed by atoms with Crippen LogP contribution in [0.25, 0.3) is 0 Å². The Hall–Kier alpha value is -3.17. The van der Waals surface area contributed by atoms with Gasteiger partial charge in [0.1, 0.15) is 5.71 Å². The lowest BCUT2D eigenvalue weighted by molar-refractivity contribution is 0.0954. The molecule has 0 spiro atoms. The molecule has 0 radical (unpaired) electrons. The summed E-state index contributed by atoms with van der Waals surface area (Å²) in [4.78, 5) is 13.6. The highest BCUT2D eigenvalue weighted by molar-refractivity contribution is 5.99. The third-order valence-corrected chi connectivity index (χ3v) is 3.08. The molecule has 2 aromatic rings. The van der Waals surface area contributed by atoms with Gasteiger partial charge >= 0.3 is 0 Å². The van der Waals surface area contributed by atoms with Crippen LogP contribution in [-0.2, 0) is 7.05 Å². The standard InChI is InChI=1S/C14H18N6O4/c1-8(13-16-19-20(2)18-13)15-17-14(21)9-6-10(22-3)12(24-5)11(7-9)23-4/h6-7H,1-5H3,(H,17,21). The number of amides is 1. The summed E-state index contributed by atoms with van der Waals surface area (Å²) >= 11 is 0. The van der Waals surface area contributed by atoms with E-state index in [2.05, 4.69) is 25.9 Å². The molecular formula is C14H18N6O4. The average Bonchev–Trinajstić information content (AvgIpc) is 3.04. The van der Waals surface area contributed by atoms with Gasteiger partial charge in [0.05, 0.1) is 28.4 Å². The van der Waals surface area contributed by atoms with Gasteiger partial charge in [0.15, 0.2) is 11.5 Å². The summed E-state index contributed by atoms with van der Waals surface area (Å²) in [5.74, 6) is 1.02. The number of nitrogens with one attached hydrogen (secondary N) is 1. The minimum atomic E-state index is -0.447. The smallest absolute Gasteiger partial charge is 0.271 e. The molecule has 0 bridgehead atoms. The normalized spacial score (nSPS) is 11.1. The molecule has 0 unspecified atom stereocenters. The molecule has 1 N–H and O–H groups in total. The van der Waals surface area contributed by atoms with Gasteiger partial charge in [-0.05, 0) is 24.3 Å². The van der Waals surface area contributed by atoms with Crippen molar-refractivity contribution in [3.63, 3.8) is 0 Å². The second-order valence-corrected chi connectivity index (χ2v) is 4.65. The molecule has 10 nitrogen and oxygen atoms in total. The Labute approximate surface area is 138 Å². The van der Waals surface area contributed by atoms with Crippen molar-refractivity contribution in [2.24, 2.45) is 12.1 Å². The van der Waals surface area contributed by atoms with Crippen molar-refractivity contribution in [1.82, 2.24) is 25.6 Å². The van der Waals surface area contributed by atoms with Crippen LogP contribution in [0.1, 0.15) is 23.1 Å². The van der Waals surface area contributed by atoms with Crippen LogP contribution in [0.15, 0.2) is 17.2 Å². The molecule has 1 amide bonds. The van der Waals surface area contributed by atoms with Crippen molar-refractivity contribution in [2.45, 2.75) is 6.92 Å². The Morgan fingerprint density at radius 1 is 1.17 bits per heavy atom. The minimum absolute atomic E-state index is 0.299. The van der Waals surface area contributed by atoms with Crippen molar-refractivity contribution >= 4 is 11.6 Å². The van der Waals surface area contributed by atoms with Crippen molar-refractivity contribution in [3.8, 4) is 17.2 Å². The molecule has 10 heteroatoms. The van der Waals surface area contributed by atoms with E-state index in [1.807, 2.05) is 0 Å². The Bertz CT molecular complexity index is 745. The number of carbonyl (C=O) groups excluding carboxylic acids is 1. The van der Waals surface area contributed by atoms with Crippen LogP contribution in [0.3, 0.4) is 0 Å². The highest BCUT2D eigenvalue weighted by Crippen LogP contribution is 2.38. The number of benzene rings is 1. The van der Waals surface area contributed by atoms with Crippen LogP contribution in [0.2, 0.25) is 0 Å². The maximum Gasteiger partial charge on any atom is 0.271 e. The Kier molecular flexibility index (Phi) is 5.30.